The minimum absolute atomic E-state index is 0.183. The average Bonchev–Trinajstić information content (AvgIpc) is 3.03. The Morgan fingerprint density at radius 2 is 1.95 bits per heavy atom. The molecule has 1 aromatic carbocycles. The van der Waals surface area contributed by atoms with Crippen LogP contribution in [0.15, 0.2) is 22.7 Å². The van der Waals surface area contributed by atoms with Gasteiger partial charge in [-0.25, -0.2) is 0 Å². The van der Waals surface area contributed by atoms with E-state index < -0.39 is 0 Å². The van der Waals surface area contributed by atoms with Crippen LogP contribution in [0.1, 0.15) is 19.3 Å². The summed E-state index contributed by atoms with van der Waals surface area (Å²) in [6.07, 6.45) is 3.03. The molecule has 21 heavy (non-hydrogen) atoms. The van der Waals surface area contributed by atoms with Crippen LogP contribution in [0.4, 0.5) is 6.01 Å². The molecule has 1 heterocycles. The monoisotopic (exact) mass is 327 g/mol. The molecule has 0 aliphatic heterocycles. The fourth-order valence-corrected chi connectivity index (χ4v) is 2.81. The highest BCUT2D eigenvalue weighted by atomic mass is 35.5. The van der Waals surface area contributed by atoms with Crippen molar-refractivity contribution in [2.24, 2.45) is 5.41 Å². The molecule has 0 unspecified atom stereocenters. The number of aromatic nitrogens is 2. The third-order valence-corrected chi connectivity index (χ3v) is 4.20. The summed E-state index contributed by atoms with van der Waals surface area (Å²) >= 11 is 11.9. The van der Waals surface area contributed by atoms with Crippen LogP contribution in [-0.2, 0) is 0 Å². The van der Waals surface area contributed by atoms with Crippen molar-refractivity contribution in [1.29, 1.82) is 0 Å². The van der Waals surface area contributed by atoms with Crippen LogP contribution in [0.25, 0.3) is 11.4 Å². The second-order valence-corrected chi connectivity index (χ2v) is 6.28. The first-order valence-electron chi connectivity index (χ1n) is 6.75. The zero-order chi connectivity index (χ0) is 14.9. The standard InChI is InChI=1S/C14H15Cl2N3O2/c15-10-5-9(6-11(16)7-10)12-18-13(21-19-12)17-8-14(1-2-14)3-4-20/h5-7,20H,1-4,8H2,(H,17,18,19). The van der Waals surface area contributed by atoms with E-state index in [9.17, 15) is 0 Å². The number of halogens is 2. The molecule has 1 aliphatic rings. The predicted octanol–water partition coefficient (Wildman–Crippen LogP) is 3.62. The molecule has 2 aromatic rings. The lowest BCUT2D eigenvalue weighted by Gasteiger charge is -2.12. The van der Waals surface area contributed by atoms with Crippen molar-refractivity contribution >= 4 is 29.2 Å². The van der Waals surface area contributed by atoms with Crippen LogP contribution in [0.2, 0.25) is 10.0 Å². The van der Waals surface area contributed by atoms with Crippen molar-refractivity contribution in [2.45, 2.75) is 19.3 Å². The highest BCUT2D eigenvalue weighted by molar-refractivity contribution is 6.35. The first-order valence-corrected chi connectivity index (χ1v) is 7.51. The molecule has 7 heteroatoms. The van der Waals surface area contributed by atoms with E-state index in [1.54, 1.807) is 18.2 Å². The molecule has 2 N–H and O–H groups in total. The molecule has 1 aliphatic carbocycles. The summed E-state index contributed by atoms with van der Waals surface area (Å²) in [5, 5.41) is 17.1. The van der Waals surface area contributed by atoms with Crippen molar-refractivity contribution in [3.05, 3.63) is 28.2 Å². The smallest absolute Gasteiger partial charge is 0.321 e. The number of anilines is 1. The Morgan fingerprint density at radius 1 is 1.24 bits per heavy atom. The maximum absolute atomic E-state index is 9.04. The molecule has 0 amide bonds. The highest BCUT2D eigenvalue weighted by Crippen LogP contribution is 2.48. The summed E-state index contributed by atoms with van der Waals surface area (Å²) in [5.74, 6) is 0.439. The number of hydrogen-bond donors (Lipinski definition) is 2. The number of nitrogens with one attached hydrogen (secondary N) is 1. The van der Waals surface area contributed by atoms with Gasteiger partial charge in [-0.3, -0.25) is 0 Å². The molecule has 112 valence electrons. The molecule has 0 saturated heterocycles. The summed E-state index contributed by atoms with van der Waals surface area (Å²) in [4.78, 5) is 4.29. The van der Waals surface area contributed by atoms with E-state index >= 15 is 0 Å². The summed E-state index contributed by atoms with van der Waals surface area (Å²) in [6.45, 7) is 0.934. The normalized spacial score (nSPS) is 16.0. The number of rotatable bonds is 6. The van der Waals surface area contributed by atoms with Crippen molar-refractivity contribution < 1.29 is 9.63 Å². The zero-order valence-corrected chi connectivity index (χ0v) is 12.8. The first-order chi connectivity index (χ1) is 10.1. The maximum atomic E-state index is 9.04. The lowest BCUT2D eigenvalue weighted by atomic mass is 10.0. The van der Waals surface area contributed by atoms with Crippen LogP contribution in [0.5, 0.6) is 0 Å². The van der Waals surface area contributed by atoms with Gasteiger partial charge in [0.05, 0.1) is 0 Å². The number of aliphatic hydroxyl groups is 1. The predicted molar refractivity (Wildman–Crippen MR) is 81.6 cm³/mol. The van der Waals surface area contributed by atoms with Gasteiger partial charge >= 0.3 is 6.01 Å². The van der Waals surface area contributed by atoms with E-state index in [-0.39, 0.29) is 12.0 Å². The lowest BCUT2D eigenvalue weighted by Crippen LogP contribution is -2.16. The lowest BCUT2D eigenvalue weighted by molar-refractivity contribution is 0.252. The van der Waals surface area contributed by atoms with Crippen LogP contribution < -0.4 is 5.32 Å². The van der Waals surface area contributed by atoms with E-state index in [1.165, 1.54) is 0 Å². The molecule has 3 rings (SSSR count). The highest BCUT2D eigenvalue weighted by Gasteiger charge is 2.41. The van der Waals surface area contributed by atoms with Crippen molar-refractivity contribution in [3.63, 3.8) is 0 Å². The third kappa shape index (κ3) is 3.48. The first kappa shape index (κ1) is 14.6. The molecule has 1 fully saturated rings. The van der Waals surface area contributed by atoms with Gasteiger partial charge in [-0.2, -0.15) is 4.98 Å². The second kappa shape index (κ2) is 5.83. The van der Waals surface area contributed by atoms with Gasteiger partial charge in [0.25, 0.3) is 0 Å². The van der Waals surface area contributed by atoms with Crippen molar-refractivity contribution in [2.75, 3.05) is 18.5 Å². The van der Waals surface area contributed by atoms with Crippen molar-refractivity contribution in [1.82, 2.24) is 10.1 Å². The number of benzene rings is 1. The Bertz CT molecular complexity index is 621. The van der Waals surface area contributed by atoms with Gasteiger partial charge < -0.3 is 14.9 Å². The van der Waals surface area contributed by atoms with Gasteiger partial charge in [0.2, 0.25) is 5.82 Å². The molecule has 0 radical (unpaired) electrons. The fourth-order valence-electron chi connectivity index (χ4n) is 2.29. The van der Waals surface area contributed by atoms with Crippen molar-refractivity contribution in [3.8, 4) is 11.4 Å². The summed E-state index contributed by atoms with van der Waals surface area (Å²) < 4.78 is 5.18. The molecule has 1 aromatic heterocycles. The molecule has 0 spiro atoms. The molecule has 1 saturated carbocycles. The Labute approximate surface area is 132 Å². The minimum atomic E-state index is 0.183. The molecule has 0 bridgehead atoms. The Hall–Kier alpha value is -1.30. The summed E-state index contributed by atoms with van der Waals surface area (Å²) in [5.41, 5.74) is 0.892. The van der Waals surface area contributed by atoms with Crippen LogP contribution >= 0.6 is 23.2 Å². The van der Waals surface area contributed by atoms with Gasteiger partial charge in [0, 0.05) is 28.8 Å². The Kier molecular flexibility index (Phi) is 4.06. The van der Waals surface area contributed by atoms with E-state index in [0.717, 1.165) is 25.8 Å². The Balaban J connectivity index is 1.69. The van der Waals surface area contributed by atoms with Gasteiger partial charge in [0.15, 0.2) is 0 Å². The maximum Gasteiger partial charge on any atom is 0.321 e. The SMILES string of the molecule is OCCC1(CNc2nc(-c3cc(Cl)cc(Cl)c3)no2)CC1. The average molecular weight is 328 g/mol. The fraction of sp³-hybridized carbons (Fsp3) is 0.429. The molecule has 0 atom stereocenters. The Morgan fingerprint density at radius 3 is 2.57 bits per heavy atom. The van der Waals surface area contributed by atoms with E-state index in [4.69, 9.17) is 32.8 Å². The third-order valence-electron chi connectivity index (χ3n) is 3.76. The number of aliphatic hydroxyl groups excluding tert-OH is 1. The molecular formula is C14H15Cl2N3O2. The topological polar surface area (TPSA) is 71.2 Å². The molecular weight excluding hydrogens is 313 g/mol. The minimum Gasteiger partial charge on any atom is -0.396 e. The van der Waals surface area contributed by atoms with Gasteiger partial charge in [-0.1, -0.05) is 28.4 Å². The summed E-state index contributed by atoms with van der Waals surface area (Å²) in [7, 11) is 0. The van der Waals surface area contributed by atoms with E-state index in [2.05, 4.69) is 15.5 Å². The zero-order valence-electron chi connectivity index (χ0n) is 11.3. The van der Waals surface area contributed by atoms with Gasteiger partial charge in [0.1, 0.15) is 0 Å². The van der Waals surface area contributed by atoms with Crippen LogP contribution in [0, 0.1) is 5.41 Å². The van der Waals surface area contributed by atoms with Gasteiger partial charge in [-0.05, 0) is 42.9 Å². The quantitative estimate of drug-likeness (QED) is 0.847. The number of hydrogen-bond acceptors (Lipinski definition) is 5. The van der Waals surface area contributed by atoms with Crippen LogP contribution in [0.3, 0.4) is 0 Å². The largest absolute Gasteiger partial charge is 0.396 e. The molecule has 5 nitrogen and oxygen atoms in total. The second-order valence-electron chi connectivity index (χ2n) is 5.41. The number of nitrogens with zero attached hydrogens (tertiary/aromatic N) is 2. The van der Waals surface area contributed by atoms with Crippen LogP contribution in [-0.4, -0.2) is 28.4 Å². The van der Waals surface area contributed by atoms with E-state index in [1.807, 2.05) is 0 Å². The van der Waals surface area contributed by atoms with E-state index in [0.29, 0.717) is 27.4 Å². The van der Waals surface area contributed by atoms with Gasteiger partial charge in [-0.15, -0.1) is 0 Å². The summed E-state index contributed by atoms with van der Waals surface area (Å²) in [6, 6.07) is 5.48.